The molecule has 4 N–H and O–H groups in total. The van der Waals surface area contributed by atoms with Crippen molar-refractivity contribution >= 4 is 59.0 Å². The number of thiophene rings is 1. The minimum absolute atomic E-state index is 0.0544. The van der Waals surface area contributed by atoms with Crippen LogP contribution in [0.1, 0.15) is 35.9 Å². The molecule has 9 rings (SSSR count). The summed E-state index contributed by atoms with van der Waals surface area (Å²) < 4.78 is 8.59. The van der Waals surface area contributed by atoms with Gasteiger partial charge in [0, 0.05) is 36.5 Å². The fourth-order valence-corrected chi connectivity index (χ4v) is 8.40. The summed E-state index contributed by atoms with van der Waals surface area (Å²) in [6.07, 6.45) is 5.84. The van der Waals surface area contributed by atoms with Gasteiger partial charge in [-0.25, -0.2) is 0 Å². The summed E-state index contributed by atoms with van der Waals surface area (Å²) in [6, 6.07) is 45.9. The molecular formula is C46H37N3O2S. The van der Waals surface area contributed by atoms with Crippen LogP contribution in [0.3, 0.4) is 0 Å². The van der Waals surface area contributed by atoms with Crippen LogP contribution in [0, 0.1) is 0 Å². The summed E-state index contributed by atoms with van der Waals surface area (Å²) in [5.74, 6) is 0.191. The van der Waals surface area contributed by atoms with E-state index in [1.807, 2.05) is 78.1 Å². The smallest absolute Gasteiger partial charge is 0.135 e. The number of phenolic OH excluding ortho intramolecular Hbond substituents is 1. The van der Waals surface area contributed by atoms with E-state index < -0.39 is 0 Å². The number of hydrogen-bond donors (Lipinski definition) is 4. The number of phenols is 1. The molecule has 1 aliphatic rings. The van der Waals surface area contributed by atoms with Crippen LogP contribution in [0.2, 0.25) is 0 Å². The first kappa shape index (κ1) is 32.2. The Labute approximate surface area is 306 Å². The Kier molecular flexibility index (Phi) is 8.30. The lowest BCUT2D eigenvalue weighted by atomic mass is 9.98. The summed E-state index contributed by atoms with van der Waals surface area (Å²) in [5, 5.41) is 27.2. The average Bonchev–Trinajstić information content (AvgIpc) is 3.75. The number of furan rings is 1. The zero-order chi connectivity index (χ0) is 35.2. The van der Waals surface area contributed by atoms with Crippen LogP contribution in [-0.2, 0) is 0 Å². The van der Waals surface area contributed by atoms with Crippen LogP contribution < -0.4 is 16.0 Å². The summed E-state index contributed by atoms with van der Waals surface area (Å²) in [4.78, 5) is 0. The molecule has 0 aliphatic carbocycles. The van der Waals surface area contributed by atoms with Crippen molar-refractivity contribution in [3.8, 4) is 16.9 Å². The quantitative estimate of drug-likeness (QED) is 0.125. The lowest BCUT2D eigenvalue weighted by molar-refractivity contribution is 0.222. The molecular weight excluding hydrogens is 659 g/mol. The average molecular weight is 696 g/mol. The van der Waals surface area contributed by atoms with Crippen molar-refractivity contribution in [3.63, 3.8) is 0 Å². The Morgan fingerprint density at radius 3 is 2.19 bits per heavy atom. The van der Waals surface area contributed by atoms with Crippen molar-refractivity contribution in [1.29, 1.82) is 0 Å². The van der Waals surface area contributed by atoms with Gasteiger partial charge < -0.3 is 9.52 Å². The van der Waals surface area contributed by atoms with E-state index in [9.17, 15) is 5.11 Å². The van der Waals surface area contributed by atoms with E-state index in [0.29, 0.717) is 5.56 Å². The second-order valence-corrected chi connectivity index (χ2v) is 14.5. The molecule has 3 unspecified atom stereocenters. The summed E-state index contributed by atoms with van der Waals surface area (Å²) in [6.45, 7) is 6.41. The van der Waals surface area contributed by atoms with Crippen molar-refractivity contribution in [2.24, 2.45) is 0 Å². The molecule has 3 atom stereocenters. The third-order valence-corrected chi connectivity index (χ3v) is 11.2. The molecule has 1 fully saturated rings. The predicted octanol–water partition coefficient (Wildman–Crippen LogP) is 11.3. The lowest BCUT2D eigenvalue weighted by Gasteiger charge is -2.40. The molecule has 0 radical (unpaired) electrons. The van der Waals surface area contributed by atoms with Crippen LogP contribution in [-0.4, -0.2) is 11.3 Å². The van der Waals surface area contributed by atoms with Gasteiger partial charge in [0.15, 0.2) is 0 Å². The molecule has 2 aromatic heterocycles. The molecule has 6 heteroatoms. The maximum atomic E-state index is 11.1. The first-order valence-electron chi connectivity index (χ1n) is 17.5. The highest BCUT2D eigenvalue weighted by Gasteiger charge is 2.29. The van der Waals surface area contributed by atoms with E-state index in [-0.39, 0.29) is 24.2 Å². The zero-order valence-corrected chi connectivity index (χ0v) is 29.5. The largest absolute Gasteiger partial charge is 0.507 e. The number of aromatic hydroxyl groups is 1. The van der Waals surface area contributed by atoms with Gasteiger partial charge in [0.2, 0.25) is 0 Å². The van der Waals surface area contributed by atoms with Gasteiger partial charge in [-0.05, 0) is 76.7 Å². The standard InChI is InChI=1S/C46H37N3O2S/c1-28(34-22-19-32(26-39(34)50)31-21-24-41-38(25-31)35-15-6-8-17-40(35)51-41)11-10-12-29(2)44-47-45(30-13-4-3-5-14-30)49-46(48-44)33-20-23-37-36-16-7-9-18-42(36)52-43(37)27-33/h3-27,44-50H,1H2,2H3/b11-10-,29-12+. The number of fused-ring (bicyclic) bond motifs is 6. The van der Waals surface area contributed by atoms with Crippen LogP contribution in [0.4, 0.5) is 0 Å². The van der Waals surface area contributed by atoms with E-state index in [1.54, 1.807) is 0 Å². The molecule has 0 saturated carbocycles. The summed E-state index contributed by atoms with van der Waals surface area (Å²) in [7, 11) is 0. The lowest BCUT2D eigenvalue weighted by Crippen LogP contribution is -2.59. The Bertz CT molecular complexity index is 2690. The van der Waals surface area contributed by atoms with Crippen molar-refractivity contribution in [3.05, 3.63) is 181 Å². The van der Waals surface area contributed by atoms with Gasteiger partial charge >= 0.3 is 0 Å². The normalized spacial score (nSPS) is 18.2. The first-order valence-corrected chi connectivity index (χ1v) is 18.3. The molecule has 6 aromatic carbocycles. The third kappa shape index (κ3) is 6.02. The molecule has 0 bridgehead atoms. The number of para-hydroxylation sites is 1. The maximum Gasteiger partial charge on any atom is 0.135 e. The van der Waals surface area contributed by atoms with Gasteiger partial charge in [-0.15, -0.1) is 11.3 Å². The molecule has 254 valence electrons. The maximum absolute atomic E-state index is 11.1. The number of benzene rings is 6. The first-order chi connectivity index (χ1) is 25.5. The van der Waals surface area contributed by atoms with E-state index in [2.05, 4.69) is 114 Å². The Morgan fingerprint density at radius 2 is 1.35 bits per heavy atom. The molecule has 52 heavy (non-hydrogen) atoms. The van der Waals surface area contributed by atoms with Crippen molar-refractivity contribution in [2.75, 3.05) is 0 Å². The van der Waals surface area contributed by atoms with Crippen LogP contribution >= 0.6 is 11.3 Å². The highest BCUT2D eigenvalue weighted by molar-refractivity contribution is 7.25. The molecule has 0 spiro atoms. The van der Waals surface area contributed by atoms with E-state index >= 15 is 0 Å². The molecule has 3 heterocycles. The Hall–Kier alpha value is -5.76. The highest BCUT2D eigenvalue weighted by Crippen LogP contribution is 2.37. The van der Waals surface area contributed by atoms with Gasteiger partial charge in [-0.3, -0.25) is 16.0 Å². The van der Waals surface area contributed by atoms with E-state index in [0.717, 1.165) is 44.2 Å². The highest BCUT2D eigenvalue weighted by atomic mass is 32.1. The van der Waals surface area contributed by atoms with Crippen LogP contribution in [0.5, 0.6) is 5.75 Å². The van der Waals surface area contributed by atoms with Crippen LogP contribution in [0.25, 0.3) is 58.8 Å². The second-order valence-electron chi connectivity index (χ2n) is 13.4. The van der Waals surface area contributed by atoms with E-state index in [4.69, 9.17) is 4.42 Å². The third-order valence-electron chi connectivity index (χ3n) is 10.0. The summed E-state index contributed by atoms with van der Waals surface area (Å²) >= 11 is 1.84. The van der Waals surface area contributed by atoms with Gasteiger partial charge in [-0.2, -0.15) is 0 Å². The van der Waals surface area contributed by atoms with Crippen molar-refractivity contribution < 1.29 is 9.52 Å². The number of nitrogens with one attached hydrogen (secondary N) is 3. The number of hydrogen-bond acceptors (Lipinski definition) is 6. The molecule has 1 aliphatic heterocycles. The zero-order valence-electron chi connectivity index (χ0n) is 28.6. The second kappa shape index (κ2) is 13.4. The molecule has 8 aromatic rings. The fraction of sp³-hybridized carbons (Fsp3) is 0.0870. The Morgan fingerprint density at radius 1 is 0.654 bits per heavy atom. The van der Waals surface area contributed by atoms with Gasteiger partial charge in [0.05, 0.1) is 18.5 Å². The molecule has 0 amide bonds. The number of rotatable bonds is 7. The van der Waals surface area contributed by atoms with Crippen molar-refractivity contribution in [1.82, 2.24) is 16.0 Å². The predicted molar refractivity (Wildman–Crippen MR) is 217 cm³/mol. The van der Waals surface area contributed by atoms with Gasteiger partial charge in [0.1, 0.15) is 16.9 Å². The van der Waals surface area contributed by atoms with E-state index in [1.165, 1.54) is 31.3 Å². The van der Waals surface area contributed by atoms with Crippen molar-refractivity contribution in [2.45, 2.75) is 25.4 Å². The molecule has 5 nitrogen and oxygen atoms in total. The monoisotopic (exact) mass is 695 g/mol. The minimum atomic E-state index is -0.0927. The van der Waals surface area contributed by atoms with Gasteiger partial charge in [0.25, 0.3) is 0 Å². The Balaban J connectivity index is 0.945. The summed E-state index contributed by atoms with van der Waals surface area (Å²) in [5.41, 5.74) is 8.58. The number of allylic oxidation sites excluding steroid dienone is 4. The van der Waals surface area contributed by atoms with Crippen LogP contribution in [0.15, 0.2) is 168 Å². The fourth-order valence-electron chi connectivity index (χ4n) is 7.25. The molecule has 1 saturated heterocycles. The van der Waals surface area contributed by atoms with Gasteiger partial charge in [-0.1, -0.05) is 122 Å². The minimum Gasteiger partial charge on any atom is -0.507 e. The SMILES string of the molecule is C=C(/C=C\C=C(/C)C1NC(c2ccccc2)NC(c2ccc3c(c2)sc2ccccc23)N1)c1ccc(-c2ccc3oc4ccccc4c3c2)cc1O. The topological polar surface area (TPSA) is 69.5 Å².